The maximum Gasteiger partial charge on any atom is 0.323 e. The van der Waals surface area contributed by atoms with Gasteiger partial charge in [-0.05, 0) is 24.6 Å². The van der Waals surface area contributed by atoms with Gasteiger partial charge in [-0.1, -0.05) is 6.07 Å². The third kappa shape index (κ3) is 2.55. The standard InChI is InChI=1S/C12H8FN3O/c1-8-2-3-10(6-11(8)13)17-12-15-5-4-9(7-14)16-12/h2-6H,1H3. The highest BCUT2D eigenvalue weighted by molar-refractivity contribution is 5.30. The Bertz CT molecular complexity index is 593. The van der Waals surface area contributed by atoms with Crippen molar-refractivity contribution >= 4 is 0 Å². The summed E-state index contributed by atoms with van der Waals surface area (Å²) in [6.07, 6.45) is 1.41. The van der Waals surface area contributed by atoms with E-state index >= 15 is 0 Å². The van der Waals surface area contributed by atoms with Crippen molar-refractivity contribution in [1.82, 2.24) is 9.97 Å². The first-order valence-corrected chi connectivity index (χ1v) is 4.86. The lowest BCUT2D eigenvalue weighted by atomic mass is 10.2. The topological polar surface area (TPSA) is 58.8 Å². The van der Waals surface area contributed by atoms with E-state index < -0.39 is 0 Å². The van der Waals surface area contributed by atoms with E-state index in [1.165, 1.54) is 18.3 Å². The monoisotopic (exact) mass is 229 g/mol. The van der Waals surface area contributed by atoms with Gasteiger partial charge in [0.05, 0.1) is 0 Å². The lowest BCUT2D eigenvalue weighted by molar-refractivity contribution is 0.437. The predicted molar refractivity (Wildman–Crippen MR) is 58.0 cm³/mol. The molecule has 0 N–H and O–H groups in total. The smallest absolute Gasteiger partial charge is 0.323 e. The first kappa shape index (κ1) is 11.0. The Balaban J connectivity index is 2.25. The number of halogens is 1. The molecule has 0 radical (unpaired) electrons. The van der Waals surface area contributed by atoms with E-state index in [2.05, 4.69) is 9.97 Å². The minimum absolute atomic E-state index is 0.0207. The molecule has 2 rings (SSSR count). The van der Waals surface area contributed by atoms with Crippen LogP contribution in [-0.2, 0) is 0 Å². The fraction of sp³-hybridized carbons (Fsp3) is 0.0833. The SMILES string of the molecule is Cc1ccc(Oc2nccc(C#N)n2)cc1F. The number of nitrogens with zero attached hydrogens (tertiary/aromatic N) is 3. The summed E-state index contributed by atoms with van der Waals surface area (Å²) >= 11 is 0. The second-order valence-corrected chi connectivity index (χ2v) is 3.35. The second-order valence-electron chi connectivity index (χ2n) is 3.35. The molecule has 84 valence electrons. The van der Waals surface area contributed by atoms with Crippen molar-refractivity contribution in [1.29, 1.82) is 5.26 Å². The van der Waals surface area contributed by atoms with Crippen LogP contribution >= 0.6 is 0 Å². The minimum Gasteiger partial charge on any atom is -0.424 e. The van der Waals surface area contributed by atoms with Gasteiger partial charge in [-0.3, -0.25) is 0 Å². The molecular formula is C12H8FN3O. The molecule has 0 unspecified atom stereocenters. The van der Waals surface area contributed by atoms with Crippen molar-refractivity contribution in [3.05, 3.63) is 47.5 Å². The number of nitriles is 1. The summed E-state index contributed by atoms with van der Waals surface area (Å²) in [4.78, 5) is 7.65. The van der Waals surface area contributed by atoms with Gasteiger partial charge >= 0.3 is 6.01 Å². The van der Waals surface area contributed by atoms with Gasteiger partial charge in [-0.15, -0.1) is 0 Å². The summed E-state index contributed by atoms with van der Waals surface area (Å²) in [6, 6.07) is 7.81. The summed E-state index contributed by atoms with van der Waals surface area (Å²) < 4.78 is 18.5. The molecule has 0 aliphatic carbocycles. The predicted octanol–water partition coefficient (Wildman–Crippen LogP) is 2.59. The van der Waals surface area contributed by atoms with Gasteiger partial charge < -0.3 is 4.74 Å². The molecule has 0 saturated heterocycles. The summed E-state index contributed by atoms with van der Waals surface area (Å²) in [6.45, 7) is 1.66. The van der Waals surface area contributed by atoms with Crippen LogP contribution in [0.5, 0.6) is 11.8 Å². The van der Waals surface area contributed by atoms with Crippen LogP contribution in [0.3, 0.4) is 0 Å². The third-order valence-electron chi connectivity index (χ3n) is 2.10. The van der Waals surface area contributed by atoms with E-state index in [1.807, 2.05) is 6.07 Å². The number of benzene rings is 1. The Kier molecular flexibility index (Phi) is 2.97. The molecule has 4 nitrogen and oxygen atoms in total. The Morgan fingerprint density at radius 3 is 2.88 bits per heavy atom. The molecule has 0 spiro atoms. The molecule has 2 aromatic rings. The number of aryl methyl sites for hydroxylation is 1. The largest absolute Gasteiger partial charge is 0.424 e. The van der Waals surface area contributed by atoms with Crippen molar-refractivity contribution in [2.45, 2.75) is 6.92 Å². The molecular weight excluding hydrogens is 221 g/mol. The van der Waals surface area contributed by atoms with Crippen LogP contribution in [0.15, 0.2) is 30.5 Å². The van der Waals surface area contributed by atoms with E-state index in [-0.39, 0.29) is 17.5 Å². The van der Waals surface area contributed by atoms with Gasteiger partial charge in [0.1, 0.15) is 23.3 Å². The number of aromatic nitrogens is 2. The van der Waals surface area contributed by atoms with Crippen molar-refractivity contribution in [3.8, 4) is 17.8 Å². The summed E-state index contributed by atoms with van der Waals surface area (Å²) in [7, 11) is 0. The minimum atomic E-state index is -0.362. The summed E-state index contributed by atoms with van der Waals surface area (Å²) in [5.41, 5.74) is 0.728. The summed E-state index contributed by atoms with van der Waals surface area (Å²) in [5, 5.41) is 8.65. The summed E-state index contributed by atoms with van der Waals surface area (Å²) in [5.74, 6) is -0.0675. The molecule has 1 aromatic carbocycles. The number of hydrogen-bond donors (Lipinski definition) is 0. The highest BCUT2D eigenvalue weighted by Gasteiger charge is 2.04. The first-order chi connectivity index (χ1) is 8.19. The van der Waals surface area contributed by atoms with Crippen molar-refractivity contribution in [2.24, 2.45) is 0 Å². The number of hydrogen-bond acceptors (Lipinski definition) is 4. The van der Waals surface area contributed by atoms with E-state index in [4.69, 9.17) is 10.00 Å². The van der Waals surface area contributed by atoms with Crippen LogP contribution in [0.1, 0.15) is 11.3 Å². The zero-order valence-corrected chi connectivity index (χ0v) is 9.01. The van der Waals surface area contributed by atoms with E-state index in [9.17, 15) is 4.39 Å². The van der Waals surface area contributed by atoms with E-state index in [0.29, 0.717) is 11.3 Å². The third-order valence-corrected chi connectivity index (χ3v) is 2.10. The highest BCUT2D eigenvalue weighted by atomic mass is 19.1. The zero-order valence-electron chi connectivity index (χ0n) is 9.01. The van der Waals surface area contributed by atoms with Gasteiger partial charge in [-0.2, -0.15) is 10.2 Å². The fourth-order valence-corrected chi connectivity index (χ4v) is 1.19. The van der Waals surface area contributed by atoms with Crippen molar-refractivity contribution < 1.29 is 9.13 Å². The molecule has 0 atom stereocenters. The molecule has 0 aliphatic heterocycles. The van der Waals surface area contributed by atoms with Gasteiger partial charge in [0.2, 0.25) is 0 Å². The quantitative estimate of drug-likeness (QED) is 0.794. The molecule has 5 heteroatoms. The lowest BCUT2D eigenvalue weighted by Crippen LogP contribution is -1.94. The average Bonchev–Trinajstić information content (AvgIpc) is 2.34. The normalized spacial score (nSPS) is 9.71. The van der Waals surface area contributed by atoms with Gasteiger partial charge in [0.15, 0.2) is 0 Å². The lowest BCUT2D eigenvalue weighted by Gasteiger charge is -2.04. The maximum atomic E-state index is 13.3. The Labute approximate surface area is 97.3 Å². The van der Waals surface area contributed by atoms with Crippen molar-refractivity contribution in [3.63, 3.8) is 0 Å². The maximum absolute atomic E-state index is 13.3. The Hall–Kier alpha value is -2.48. The van der Waals surface area contributed by atoms with Crippen LogP contribution in [0.25, 0.3) is 0 Å². The Morgan fingerprint density at radius 1 is 1.35 bits per heavy atom. The first-order valence-electron chi connectivity index (χ1n) is 4.86. The molecule has 0 amide bonds. The molecule has 0 aliphatic rings. The average molecular weight is 229 g/mol. The highest BCUT2D eigenvalue weighted by Crippen LogP contribution is 2.20. The van der Waals surface area contributed by atoms with E-state index in [1.54, 1.807) is 19.1 Å². The zero-order chi connectivity index (χ0) is 12.3. The van der Waals surface area contributed by atoms with Crippen LogP contribution in [-0.4, -0.2) is 9.97 Å². The van der Waals surface area contributed by atoms with Crippen LogP contribution < -0.4 is 4.74 Å². The fourth-order valence-electron chi connectivity index (χ4n) is 1.19. The molecule has 17 heavy (non-hydrogen) atoms. The van der Waals surface area contributed by atoms with Crippen LogP contribution in [0, 0.1) is 24.1 Å². The van der Waals surface area contributed by atoms with Crippen LogP contribution in [0.4, 0.5) is 4.39 Å². The van der Waals surface area contributed by atoms with E-state index in [0.717, 1.165) is 0 Å². The molecule has 1 aromatic heterocycles. The van der Waals surface area contributed by atoms with Gasteiger partial charge in [0.25, 0.3) is 0 Å². The van der Waals surface area contributed by atoms with Crippen molar-refractivity contribution in [2.75, 3.05) is 0 Å². The van der Waals surface area contributed by atoms with Gasteiger partial charge in [-0.25, -0.2) is 9.37 Å². The van der Waals surface area contributed by atoms with Gasteiger partial charge in [0, 0.05) is 12.3 Å². The molecule has 0 fully saturated rings. The Morgan fingerprint density at radius 2 is 2.18 bits per heavy atom. The molecule has 0 saturated carbocycles. The second kappa shape index (κ2) is 4.58. The molecule has 1 heterocycles. The number of ether oxygens (including phenoxy) is 1. The van der Waals surface area contributed by atoms with Crippen LogP contribution in [0.2, 0.25) is 0 Å². The molecule has 0 bridgehead atoms. The number of rotatable bonds is 2.